The van der Waals surface area contributed by atoms with Crippen molar-refractivity contribution in [2.45, 2.75) is 53.1 Å². The van der Waals surface area contributed by atoms with Crippen molar-refractivity contribution in [1.29, 1.82) is 0 Å². The first-order chi connectivity index (χ1) is 12.9. The van der Waals surface area contributed by atoms with E-state index in [9.17, 15) is 8.42 Å². The molecule has 3 N–H and O–H groups in total. The standard InChI is InChI=1S/C20H36N4O3S/c1-8-21-19(22-14-20(5,6)24-28(7,25)26)23-16(4)17-9-11-18(12-10-17)27-13-15(2)3/h9-12,15-16,24H,8,13-14H2,1-7H3,(H2,21,22,23). The number of ether oxygens (including phenoxy) is 1. The summed E-state index contributed by atoms with van der Waals surface area (Å²) < 4.78 is 31.3. The van der Waals surface area contributed by atoms with Crippen LogP contribution in [0.4, 0.5) is 0 Å². The molecule has 160 valence electrons. The number of aliphatic imine (C=N–C) groups is 1. The fourth-order valence-corrected chi connectivity index (χ4v) is 3.60. The molecule has 1 aromatic carbocycles. The second-order valence-electron chi connectivity index (χ2n) is 8.09. The first kappa shape index (κ1) is 24.2. The second kappa shape index (κ2) is 10.7. The summed E-state index contributed by atoms with van der Waals surface area (Å²) in [5.74, 6) is 1.98. The van der Waals surface area contributed by atoms with E-state index < -0.39 is 15.6 Å². The highest BCUT2D eigenvalue weighted by Crippen LogP contribution is 2.18. The van der Waals surface area contributed by atoms with Crippen molar-refractivity contribution in [1.82, 2.24) is 15.4 Å². The first-order valence-corrected chi connectivity index (χ1v) is 11.6. The fraction of sp³-hybridized carbons (Fsp3) is 0.650. The lowest BCUT2D eigenvalue weighted by molar-refractivity contribution is 0.271. The third kappa shape index (κ3) is 9.94. The van der Waals surface area contributed by atoms with Gasteiger partial charge in [-0.3, -0.25) is 4.99 Å². The van der Waals surface area contributed by atoms with Gasteiger partial charge in [0.2, 0.25) is 10.0 Å². The lowest BCUT2D eigenvalue weighted by Crippen LogP contribution is -2.47. The average Bonchev–Trinajstić information content (AvgIpc) is 2.56. The normalized spacial score (nSPS) is 14.1. The fourth-order valence-electron chi connectivity index (χ4n) is 2.53. The number of rotatable bonds is 10. The van der Waals surface area contributed by atoms with Gasteiger partial charge in [0.15, 0.2) is 5.96 Å². The number of hydrogen-bond acceptors (Lipinski definition) is 4. The van der Waals surface area contributed by atoms with Crippen molar-refractivity contribution in [3.8, 4) is 5.75 Å². The first-order valence-electron chi connectivity index (χ1n) is 9.68. The van der Waals surface area contributed by atoms with Crippen LogP contribution < -0.4 is 20.1 Å². The number of sulfonamides is 1. The summed E-state index contributed by atoms with van der Waals surface area (Å²) in [5, 5.41) is 6.56. The Morgan fingerprint density at radius 3 is 2.29 bits per heavy atom. The Labute approximate surface area is 170 Å². The molecule has 0 radical (unpaired) electrons. The Morgan fingerprint density at radius 1 is 1.18 bits per heavy atom. The van der Waals surface area contributed by atoms with E-state index in [2.05, 4.69) is 41.1 Å². The van der Waals surface area contributed by atoms with Gasteiger partial charge < -0.3 is 15.4 Å². The van der Waals surface area contributed by atoms with E-state index in [0.29, 0.717) is 31.6 Å². The monoisotopic (exact) mass is 412 g/mol. The zero-order chi connectivity index (χ0) is 21.4. The molecular weight excluding hydrogens is 376 g/mol. The summed E-state index contributed by atoms with van der Waals surface area (Å²) in [4.78, 5) is 4.54. The van der Waals surface area contributed by atoms with Crippen molar-refractivity contribution >= 4 is 16.0 Å². The second-order valence-corrected chi connectivity index (χ2v) is 9.84. The Kier molecular flexibility index (Phi) is 9.23. The van der Waals surface area contributed by atoms with Crippen LogP contribution in [0.3, 0.4) is 0 Å². The summed E-state index contributed by atoms with van der Waals surface area (Å²) in [5.41, 5.74) is 0.435. The van der Waals surface area contributed by atoms with Crippen LogP contribution in [0.1, 0.15) is 53.1 Å². The van der Waals surface area contributed by atoms with Gasteiger partial charge in [0.25, 0.3) is 0 Å². The maximum Gasteiger partial charge on any atom is 0.209 e. The Hall–Kier alpha value is -1.80. The van der Waals surface area contributed by atoms with Gasteiger partial charge in [-0.1, -0.05) is 26.0 Å². The van der Waals surface area contributed by atoms with Crippen LogP contribution >= 0.6 is 0 Å². The van der Waals surface area contributed by atoms with Crippen molar-refractivity contribution in [3.63, 3.8) is 0 Å². The number of nitrogens with one attached hydrogen (secondary N) is 3. The molecule has 0 fully saturated rings. The third-order valence-corrected chi connectivity index (χ3v) is 4.68. The van der Waals surface area contributed by atoms with Gasteiger partial charge in [-0.25, -0.2) is 13.1 Å². The Balaban J connectivity index is 2.76. The minimum Gasteiger partial charge on any atom is -0.493 e. The van der Waals surface area contributed by atoms with E-state index in [1.165, 1.54) is 0 Å². The van der Waals surface area contributed by atoms with E-state index in [0.717, 1.165) is 17.6 Å². The molecule has 0 spiro atoms. The molecule has 7 nitrogen and oxygen atoms in total. The Bertz CT molecular complexity index is 728. The predicted molar refractivity (Wildman–Crippen MR) is 116 cm³/mol. The van der Waals surface area contributed by atoms with Crippen molar-refractivity contribution in [3.05, 3.63) is 29.8 Å². The van der Waals surface area contributed by atoms with Crippen LogP contribution in [0.2, 0.25) is 0 Å². The predicted octanol–water partition coefficient (Wildman–Crippen LogP) is 2.67. The molecule has 8 heteroatoms. The molecule has 1 atom stereocenters. The molecule has 1 aromatic rings. The molecule has 1 unspecified atom stereocenters. The minimum absolute atomic E-state index is 0.0305. The quantitative estimate of drug-likeness (QED) is 0.406. The minimum atomic E-state index is -3.29. The highest BCUT2D eigenvalue weighted by Gasteiger charge is 2.22. The maximum atomic E-state index is 11.5. The lowest BCUT2D eigenvalue weighted by Gasteiger charge is -2.24. The maximum absolute atomic E-state index is 11.5. The number of nitrogens with zero attached hydrogens (tertiary/aromatic N) is 1. The summed E-state index contributed by atoms with van der Waals surface area (Å²) >= 11 is 0. The Morgan fingerprint density at radius 2 is 1.79 bits per heavy atom. The number of hydrogen-bond donors (Lipinski definition) is 3. The molecule has 0 amide bonds. The molecule has 1 rings (SSSR count). The van der Waals surface area contributed by atoms with Gasteiger partial charge in [0.05, 0.1) is 25.4 Å². The van der Waals surface area contributed by atoms with Crippen molar-refractivity contribution < 1.29 is 13.2 Å². The summed E-state index contributed by atoms with van der Waals surface area (Å²) in [6, 6.07) is 8.04. The zero-order valence-corrected chi connectivity index (χ0v) is 19.0. The number of guanidine groups is 1. The van der Waals surface area contributed by atoms with Crippen molar-refractivity contribution in [2.75, 3.05) is 26.0 Å². The molecule has 0 aliphatic rings. The number of benzene rings is 1. The van der Waals surface area contributed by atoms with Crippen LogP contribution in [-0.2, 0) is 10.0 Å². The lowest BCUT2D eigenvalue weighted by atomic mass is 10.1. The summed E-state index contributed by atoms with van der Waals surface area (Å²) in [7, 11) is -3.29. The van der Waals surface area contributed by atoms with Gasteiger partial charge in [-0.05, 0) is 51.3 Å². The van der Waals surface area contributed by atoms with E-state index in [1.54, 1.807) is 13.8 Å². The summed E-state index contributed by atoms with van der Waals surface area (Å²) in [6.07, 6.45) is 1.15. The van der Waals surface area contributed by atoms with E-state index >= 15 is 0 Å². The zero-order valence-electron chi connectivity index (χ0n) is 18.2. The molecule has 28 heavy (non-hydrogen) atoms. The van der Waals surface area contributed by atoms with Crippen LogP contribution in [0.5, 0.6) is 5.75 Å². The average molecular weight is 413 g/mol. The molecule has 0 aliphatic carbocycles. The van der Waals surface area contributed by atoms with Gasteiger partial charge in [-0.2, -0.15) is 0 Å². The van der Waals surface area contributed by atoms with E-state index in [1.807, 2.05) is 31.2 Å². The molecule has 0 heterocycles. The van der Waals surface area contributed by atoms with Gasteiger partial charge in [0, 0.05) is 12.1 Å². The van der Waals surface area contributed by atoms with Gasteiger partial charge in [0.1, 0.15) is 5.75 Å². The van der Waals surface area contributed by atoms with Gasteiger partial charge in [-0.15, -0.1) is 0 Å². The van der Waals surface area contributed by atoms with Crippen molar-refractivity contribution in [2.24, 2.45) is 10.9 Å². The molecule has 0 saturated carbocycles. The van der Waals surface area contributed by atoms with E-state index in [-0.39, 0.29) is 6.04 Å². The highest BCUT2D eigenvalue weighted by atomic mass is 32.2. The van der Waals surface area contributed by atoms with Crippen LogP contribution in [0.25, 0.3) is 0 Å². The smallest absolute Gasteiger partial charge is 0.209 e. The van der Waals surface area contributed by atoms with Gasteiger partial charge >= 0.3 is 0 Å². The SMILES string of the molecule is CCNC(=NCC(C)(C)NS(C)(=O)=O)NC(C)c1ccc(OCC(C)C)cc1. The third-order valence-electron chi connectivity index (χ3n) is 3.76. The topological polar surface area (TPSA) is 91.8 Å². The molecular formula is C20H36N4O3S. The summed E-state index contributed by atoms with van der Waals surface area (Å²) in [6.45, 7) is 13.6. The van der Waals surface area contributed by atoms with Crippen LogP contribution in [0.15, 0.2) is 29.3 Å². The molecule has 0 aliphatic heterocycles. The van der Waals surface area contributed by atoms with Crippen LogP contribution in [0, 0.1) is 5.92 Å². The van der Waals surface area contributed by atoms with Crippen LogP contribution in [-0.4, -0.2) is 45.9 Å². The molecule has 0 bridgehead atoms. The molecule has 0 saturated heterocycles. The highest BCUT2D eigenvalue weighted by molar-refractivity contribution is 7.88. The van der Waals surface area contributed by atoms with E-state index in [4.69, 9.17) is 4.74 Å². The largest absolute Gasteiger partial charge is 0.493 e. The molecule has 0 aromatic heterocycles.